The predicted molar refractivity (Wildman–Crippen MR) is 87.6 cm³/mol. The lowest BCUT2D eigenvalue weighted by atomic mass is 9.87. The standard InChI is InChI=1S/C18H19N3/c1-18(15-11-7-4-8-12-15)13-16(20-17(19)21(18)2)14-9-5-3-6-10-14/h3-13H,1-2H3,(H2,19,20)/t18-/m1/s1. The van der Waals surface area contributed by atoms with Crippen LogP contribution in [0.4, 0.5) is 0 Å². The van der Waals surface area contributed by atoms with Crippen molar-refractivity contribution in [3.05, 3.63) is 77.9 Å². The van der Waals surface area contributed by atoms with Crippen LogP contribution in [0, 0.1) is 0 Å². The zero-order valence-electron chi connectivity index (χ0n) is 12.3. The Bertz CT molecular complexity index is 689. The molecule has 1 aliphatic rings. The first-order valence-electron chi connectivity index (χ1n) is 7.03. The molecular weight excluding hydrogens is 258 g/mol. The number of benzene rings is 2. The lowest BCUT2D eigenvalue weighted by molar-refractivity contribution is 0.293. The summed E-state index contributed by atoms with van der Waals surface area (Å²) in [5.74, 6) is 0.530. The molecular formula is C18H19N3. The van der Waals surface area contributed by atoms with Crippen LogP contribution < -0.4 is 5.73 Å². The van der Waals surface area contributed by atoms with Crippen LogP contribution in [-0.4, -0.2) is 17.9 Å². The zero-order valence-corrected chi connectivity index (χ0v) is 12.3. The topological polar surface area (TPSA) is 41.6 Å². The third kappa shape index (κ3) is 2.31. The second-order valence-electron chi connectivity index (χ2n) is 5.44. The molecule has 1 atom stereocenters. The van der Waals surface area contributed by atoms with Gasteiger partial charge in [0.15, 0.2) is 5.96 Å². The van der Waals surface area contributed by atoms with Crippen LogP contribution in [0.2, 0.25) is 0 Å². The van der Waals surface area contributed by atoms with Crippen molar-refractivity contribution < 1.29 is 0 Å². The van der Waals surface area contributed by atoms with Crippen molar-refractivity contribution in [2.45, 2.75) is 12.5 Å². The molecule has 0 unspecified atom stereocenters. The summed E-state index contributed by atoms with van der Waals surface area (Å²) >= 11 is 0. The number of likely N-dealkylation sites (N-methyl/N-ethyl adjacent to an activating group) is 1. The van der Waals surface area contributed by atoms with E-state index in [1.165, 1.54) is 5.56 Å². The van der Waals surface area contributed by atoms with Gasteiger partial charge >= 0.3 is 0 Å². The summed E-state index contributed by atoms with van der Waals surface area (Å²) in [5.41, 5.74) is 9.03. The van der Waals surface area contributed by atoms with Gasteiger partial charge in [-0.1, -0.05) is 60.7 Å². The zero-order chi connectivity index (χ0) is 14.9. The highest BCUT2D eigenvalue weighted by atomic mass is 15.3. The third-order valence-electron chi connectivity index (χ3n) is 4.12. The fourth-order valence-corrected chi connectivity index (χ4v) is 2.64. The Morgan fingerprint density at radius 2 is 1.52 bits per heavy atom. The number of nitrogens with two attached hydrogens (primary N) is 1. The average Bonchev–Trinajstić information content (AvgIpc) is 2.54. The number of aliphatic imine (C=N–C) groups is 1. The highest BCUT2D eigenvalue weighted by Crippen LogP contribution is 2.35. The summed E-state index contributed by atoms with van der Waals surface area (Å²) in [4.78, 5) is 6.54. The monoisotopic (exact) mass is 277 g/mol. The van der Waals surface area contributed by atoms with E-state index in [2.05, 4.69) is 42.3 Å². The third-order valence-corrected chi connectivity index (χ3v) is 4.12. The number of nitrogens with zero attached hydrogens (tertiary/aromatic N) is 2. The maximum atomic E-state index is 6.15. The Morgan fingerprint density at radius 1 is 0.952 bits per heavy atom. The SMILES string of the molecule is CN1C(N)=NC(c2ccccc2)=C[C@]1(C)c1ccccc1. The van der Waals surface area contributed by atoms with E-state index in [0.29, 0.717) is 5.96 Å². The second-order valence-corrected chi connectivity index (χ2v) is 5.44. The molecule has 0 aromatic heterocycles. The van der Waals surface area contributed by atoms with Crippen molar-refractivity contribution in [2.75, 3.05) is 7.05 Å². The van der Waals surface area contributed by atoms with E-state index in [4.69, 9.17) is 5.73 Å². The molecule has 2 aromatic carbocycles. The molecule has 0 saturated carbocycles. The molecule has 3 nitrogen and oxygen atoms in total. The molecule has 0 aliphatic carbocycles. The molecule has 0 radical (unpaired) electrons. The minimum Gasteiger partial charge on any atom is -0.369 e. The van der Waals surface area contributed by atoms with E-state index >= 15 is 0 Å². The molecule has 1 aliphatic heterocycles. The summed E-state index contributed by atoms with van der Waals surface area (Å²) in [5, 5.41) is 0. The molecule has 0 amide bonds. The van der Waals surface area contributed by atoms with Crippen molar-refractivity contribution in [3.63, 3.8) is 0 Å². The van der Waals surface area contributed by atoms with E-state index < -0.39 is 0 Å². The van der Waals surface area contributed by atoms with Crippen LogP contribution in [-0.2, 0) is 5.54 Å². The smallest absolute Gasteiger partial charge is 0.197 e. The second kappa shape index (κ2) is 5.09. The van der Waals surface area contributed by atoms with Crippen molar-refractivity contribution in [1.82, 2.24) is 4.90 Å². The predicted octanol–water partition coefficient (Wildman–Crippen LogP) is 3.20. The Balaban J connectivity index is 2.13. The van der Waals surface area contributed by atoms with Gasteiger partial charge in [-0.3, -0.25) is 0 Å². The molecule has 0 bridgehead atoms. The summed E-state index contributed by atoms with van der Waals surface area (Å²) in [6.07, 6.45) is 2.17. The van der Waals surface area contributed by atoms with Crippen molar-refractivity contribution in [2.24, 2.45) is 10.7 Å². The van der Waals surface area contributed by atoms with E-state index in [1.807, 2.05) is 48.3 Å². The van der Waals surface area contributed by atoms with Gasteiger partial charge in [-0.2, -0.15) is 0 Å². The molecule has 2 N–H and O–H groups in total. The summed E-state index contributed by atoms with van der Waals surface area (Å²) in [6.45, 7) is 2.16. The lowest BCUT2D eigenvalue weighted by Crippen LogP contribution is -2.49. The largest absolute Gasteiger partial charge is 0.369 e. The minimum atomic E-state index is -0.307. The van der Waals surface area contributed by atoms with Crippen LogP contribution >= 0.6 is 0 Å². The maximum Gasteiger partial charge on any atom is 0.197 e. The van der Waals surface area contributed by atoms with Gasteiger partial charge in [-0.05, 0) is 18.6 Å². The molecule has 3 rings (SSSR count). The van der Waals surface area contributed by atoms with Gasteiger partial charge < -0.3 is 10.6 Å². The normalized spacial score (nSPS) is 21.7. The van der Waals surface area contributed by atoms with Gasteiger partial charge in [0, 0.05) is 12.6 Å². The van der Waals surface area contributed by atoms with E-state index in [9.17, 15) is 0 Å². The van der Waals surface area contributed by atoms with Crippen molar-refractivity contribution >= 4 is 11.7 Å². The molecule has 0 saturated heterocycles. The quantitative estimate of drug-likeness (QED) is 0.916. The van der Waals surface area contributed by atoms with E-state index in [0.717, 1.165) is 11.3 Å². The van der Waals surface area contributed by atoms with Gasteiger partial charge in [0.1, 0.15) is 0 Å². The van der Waals surface area contributed by atoms with Crippen LogP contribution in [0.15, 0.2) is 71.7 Å². The van der Waals surface area contributed by atoms with E-state index in [-0.39, 0.29) is 5.54 Å². The molecule has 1 heterocycles. The van der Waals surface area contributed by atoms with Crippen LogP contribution in [0.3, 0.4) is 0 Å². The number of guanidine groups is 1. The molecule has 2 aromatic rings. The summed E-state index contributed by atoms with van der Waals surface area (Å²) in [6, 6.07) is 20.5. The molecule has 0 spiro atoms. The number of rotatable bonds is 2. The first-order chi connectivity index (χ1) is 10.1. The van der Waals surface area contributed by atoms with Crippen molar-refractivity contribution in [3.8, 4) is 0 Å². The first-order valence-corrected chi connectivity index (χ1v) is 7.03. The summed E-state index contributed by atoms with van der Waals surface area (Å²) < 4.78 is 0. The van der Waals surface area contributed by atoms with Gasteiger partial charge in [-0.25, -0.2) is 4.99 Å². The highest BCUT2D eigenvalue weighted by molar-refractivity contribution is 5.88. The van der Waals surface area contributed by atoms with Crippen LogP contribution in [0.1, 0.15) is 18.1 Å². The fraction of sp³-hybridized carbons (Fsp3) is 0.167. The van der Waals surface area contributed by atoms with Gasteiger partial charge in [0.05, 0.1) is 11.2 Å². The van der Waals surface area contributed by atoms with Gasteiger partial charge in [0.2, 0.25) is 0 Å². The Hall–Kier alpha value is -2.55. The molecule has 106 valence electrons. The fourth-order valence-electron chi connectivity index (χ4n) is 2.64. The first kappa shape index (κ1) is 13.4. The highest BCUT2D eigenvalue weighted by Gasteiger charge is 2.34. The average molecular weight is 277 g/mol. The van der Waals surface area contributed by atoms with E-state index in [1.54, 1.807) is 0 Å². The Morgan fingerprint density at radius 3 is 2.14 bits per heavy atom. The molecule has 0 fully saturated rings. The Labute approximate surface area is 125 Å². The lowest BCUT2D eigenvalue weighted by Gasteiger charge is -2.40. The van der Waals surface area contributed by atoms with Crippen LogP contribution in [0.5, 0.6) is 0 Å². The van der Waals surface area contributed by atoms with Crippen molar-refractivity contribution in [1.29, 1.82) is 0 Å². The van der Waals surface area contributed by atoms with Gasteiger partial charge in [0.25, 0.3) is 0 Å². The van der Waals surface area contributed by atoms with Gasteiger partial charge in [-0.15, -0.1) is 0 Å². The molecule has 21 heavy (non-hydrogen) atoms. The minimum absolute atomic E-state index is 0.307. The Kier molecular flexibility index (Phi) is 3.26. The maximum absolute atomic E-state index is 6.15. The number of hydrogen-bond acceptors (Lipinski definition) is 3. The molecule has 3 heteroatoms. The summed E-state index contributed by atoms with van der Waals surface area (Å²) in [7, 11) is 1.98. The number of hydrogen-bond donors (Lipinski definition) is 1. The van der Waals surface area contributed by atoms with Crippen LogP contribution in [0.25, 0.3) is 5.70 Å².